The van der Waals surface area contributed by atoms with Crippen LogP contribution >= 0.6 is 0 Å². The fraction of sp³-hybridized carbons (Fsp3) is 0.353. The molecule has 4 nitrogen and oxygen atoms in total. The van der Waals surface area contributed by atoms with E-state index in [2.05, 4.69) is 0 Å². The van der Waals surface area contributed by atoms with Gasteiger partial charge in [0.05, 0.1) is 11.2 Å². The SMILES string of the molecule is CC1(C)OB(c2ccc3ccccc3c2C(N)=O)OC1(C)C. The van der Waals surface area contributed by atoms with E-state index in [1.165, 1.54) is 0 Å². The third-order valence-corrected chi connectivity index (χ3v) is 4.71. The Balaban J connectivity index is 2.16. The van der Waals surface area contributed by atoms with Crippen molar-refractivity contribution >= 4 is 29.3 Å². The molecule has 5 heteroatoms. The molecule has 1 aliphatic heterocycles. The molecule has 0 aliphatic carbocycles. The summed E-state index contributed by atoms with van der Waals surface area (Å²) in [5.41, 5.74) is 5.87. The zero-order valence-electron chi connectivity index (χ0n) is 13.3. The van der Waals surface area contributed by atoms with Crippen LogP contribution in [0.5, 0.6) is 0 Å². The first-order valence-corrected chi connectivity index (χ1v) is 7.40. The number of amides is 1. The number of hydrogen-bond donors (Lipinski definition) is 1. The lowest BCUT2D eigenvalue weighted by Crippen LogP contribution is -2.41. The van der Waals surface area contributed by atoms with Crippen LogP contribution in [0.3, 0.4) is 0 Å². The summed E-state index contributed by atoms with van der Waals surface area (Å²) in [7, 11) is -0.600. The minimum absolute atomic E-state index is 0.460. The molecule has 1 heterocycles. The molecule has 1 saturated heterocycles. The van der Waals surface area contributed by atoms with Gasteiger partial charge in [0.1, 0.15) is 0 Å². The molecule has 0 spiro atoms. The first-order chi connectivity index (χ1) is 10.2. The summed E-state index contributed by atoms with van der Waals surface area (Å²) in [6.45, 7) is 7.94. The van der Waals surface area contributed by atoms with Gasteiger partial charge in [-0.3, -0.25) is 4.79 Å². The zero-order valence-corrected chi connectivity index (χ0v) is 13.3. The number of fused-ring (bicyclic) bond motifs is 1. The van der Waals surface area contributed by atoms with Gasteiger partial charge in [0.15, 0.2) is 0 Å². The summed E-state index contributed by atoms with van der Waals surface area (Å²) in [6.07, 6.45) is 0. The molecule has 2 aromatic rings. The van der Waals surface area contributed by atoms with E-state index in [1.807, 2.05) is 64.1 Å². The lowest BCUT2D eigenvalue weighted by Gasteiger charge is -2.32. The maximum atomic E-state index is 12.0. The van der Waals surface area contributed by atoms with E-state index in [0.29, 0.717) is 11.0 Å². The van der Waals surface area contributed by atoms with E-state index in [9.17, 15) is 4.79 Å². The van der Waals surface area contributed by atoms with Gasteiger partial charge in [-0.05, 0) is 43.9 Å². The van der Waals surface area contributed by atoms with Crippen molar-refractivity contribution < 1.29 is 14.1 Å². The van der Waals surface area contributed by atoms with E-state index in [1.54, 1.807) is 0 Å². The van der Waals surface area contributed by atoms with Crippen molar-refractivity contribution in [3.8, 4) is 0 Å². The van der Waals surface area contributed by atoms with Crippen LogP contribution in [-0.4, -0.2) is 24.2 Å². The van der Waals surface area contributed by atoms with Gasteiger partial charge in [-0.2, -0.15) is 0 Å². The third-order valence-electron chi connectivity index (χ3n) is 4.71. The van der Waals surface area contributed by atoms with Crippen molar-refractivity contribution in [3.05, 3.63) is 42.0 Å². The normalized spacial score (nSPS) is 19.5. The quantitative estimate of drug-likeness (QED) is 0.865. The Labute approximate surface area is 130 Å². The summed E-state index contributed by atoms with van der Waals surface area (Å²) >= 11 is 0. The van der Waals surface area contributed by atoms with Crippen molar-refractivity contribution in [1.29, 1.82) is 0 Å². The molecule has 114 valence electrons. The second kappa shape index (κ2) is 4.83. The van der Waals surface area contributed by atoms with E-state index < -0.39 is 24.2 Å². The van der Waals surface area contributed by atoms with Gasteiger partial charge >= 0.3 is 7.12 Å². The maximum absolute atomic E-state index is 12.0. The van der Waals surface area contributed by atoms with Crippen LogP contribution in [0.25, 0.3) is 10.8 Å². The Bertz CT molecular complexity index is 739. The first-order valence-electron chi connectivity index (χ1n) is 7.40. The second-order valence-electron chi connectivity index (χ2n) is 6.70. The minimum atomic E-state index is -0.600. The highest BCUT2D eigenvalue weighted by molar-refractivity contribution is 6.64. The van der Waals surface area contributed by atoms with Crippen LogP contribution in [0.15, 0.2) is 36.4 Å². The van der Waals surface area contributed by atoms with Crippen molar-refractivity contribution in [2.75, 3.05) is 0 Å². The largest absolute Gasteiger partial charge is 0.495 e. The van der Waals surface area contributed by atoms with Crippen LogP contribution in [0.1, 0.15) is 38.1 Å². The van der Waals surface area contributed by atoms with Gasteiger partial charge in [0.25, 0.3) is 0 Å². The second-order valence-corrected chi connectivity index (χ2v) is 6.70. The molecular formula is C17H20BNO3. The summed E-state index contributed by atoms with van der Waals surface area (Å²) in [6, 6.07) is 11.5. The number of hydrogen-bond acceptors (Lipinski definition) is 3. The highest BCUT2D eigenvalue weighted by Crippen LogP contribution is 2.37. The van der Waals surface area contributed by atoms with Crippen LogP contribution < -0.4 is 11.2 Å². The molecule has 1 fully saturated rings. The predicted octanol–water partition coefficient (Wildman–Crippen LogP) is 2.24. The molecule has 2 N–H and O–H groups in total. The van der Waals surface area contributed by atoms with E-state index in [0.717, 1.165) is 10.8 Å². The molecule has 2 aromatic carbocycles. The van der Waals surface area contributed by atoms with E-state index in [4.69, 9.17) is 15.0 Å². The highest BCUT2D eigenvalue weighted by atomic mass is 16.7. The van der Waals surface area contributed by atoms with Gasteiger partial charge < -0.3 is 15.0 Å². The van der Waals surface area contributed by atoms with E-state index >= 15 is 0 Å². The highest BCUT2D eigenvalue weighted by Gasteiger charge is 2.52. The van der Waals surface area contributed by atoms with Crippen LogP contribution in [0.2, 0.25) is 0 Å². The Kier molecular flexibility index (Phi) is 3.31. The predicted molar refractivity (Wildman–Crippen MR) is 88.2 cm³/mol. The van der Waals surface area contributed by atoms with Gasteiger partial charge in [-0.15, -0.1) is 0 Å². The molecule has 1 amide bonds. The molecule has 0 bridgehead atoms. The number of carbonyl (C=O) groups excluding carboxylic acids is 1. The summed E-state index contributed by atoms with van der Waals surface area (Å²) < 4.78 is 12.1. The molecule has 0 aromatic heterocycles. The standard InChI is InChI=1S/C17H20BNO3/c1-16(2)17(3,4)22-18(21-16)13-10-9-11-7-5-6-8-12(11)14(13)15(19)20/h5-10H,1-4H3,(H2,19,20). The van der Waals surface area contributed by atoms with Crippen molar-refractivity contribution in [3.63, 3.8) is 0 Å². The fourth-order valence-electron chi connectivity index (χ4n) is 2.73. The molecule has 0 atom stereocenters. The molecule has 0 saturated carbocycles. The number of rotatable bonds is 2. The maximum Gasteiger partial charge on any atom is 0.495 e. The van der Waals surface area contributed by atoms with Crippen LogP contribution in [0.4, 0.5) is 0 Å². The first kappa shape index (κ1) is 15.1. The molecule has 0 radical (unpaired) electrons. The zero-order chi connectivity index (χ0) is 16.1. The van der Waals surface area contributed by atoms with Crippen LogP contribution in [-0.2, 0) is 9.31 Å². The smallest absolute Gasteiger partial charge is 0.399 e. The Morgan fingerprint density at radius 1 is 1.00 bits per heavy atom. The van der Waals surface area contributed by atoms with Crippen molar-refractivity contribution in [1.82, 2.24) is 0 Å². The molecule has 0 unspecified atom stereocenters. The Hall–Kier alpha value is -1.85. The third kappa shape index (κ3) is 2.21. The molecular weight excluding hydrogens is 277 g/mol. The molecule has 3 rings (SSSR count). The average Bonchev–Trinajstić information content (AvgIpc) is 2.65. The fourth-order valence-corrected chi connectivity index (χ4v) is 2.73. The minimum Gasteiger partial charge on any atom is -0.399 e. The van der Waals surface area contributed by atoms with Crippen molar-refractivity contribution in [2.45, 2.75) is 38.9 Å². The monoisotopic (exact) mass is 297 g/mol. The van der Waals surface area contributed by atoms with Gasteiger partial charge in [-0.25, -0.2) is 0 Å². The summed E-state index contributed by atoms with van der Waals surface area (Å²) in [5.74, 6) is -0.471. The van der Waals surface area contributed by atoms with Gasteiger partial charge in [0, 0.05) is 5.56 Å². The molecule has 1 aliphatic rings. The Morgan fingerprint density at radius 3 is 2.18 bits per heavy atom. The topological polar surface area (TPSA) is 61.5 Å². The van der Waals surface area contributed by atoms with Gasteiger partial charge in [-0.1, -0.05) is 36.4 Å². The number of carbonyl (C=O) groups is 1. The van der Waals surface area contributed by atoms with Crippen LogP contribution in [0, 0.1) is 0 Å². The van der Waals surface area contributed by atoms with E-state index in [-0.39, 0.29) is 0 Å². The molecule has 22 heavy (non-hydrogen) atoms. The average molecular weight is 297 g/mol. The Morgan fingerprint density at radius 2 is 1.59 bits per heavy atom. The van der Waals surface area contributed by atoms with Crippen molar-refractivity contribution in [2.24, 2.45) is 5.73 Å². The number of nitrogens with two attached hydrogens (primary N) is 1. The summed E-state index contributed by atoms with van der Waals surface area (Å²) in [5, 5.41) is 1.79. The number of benzene rings is 2. The van der Waals surface area contributed by atoms with Gasteiger partial charge in [0.2, 0.25) is 5.91 Å². The lowest BCUT2D eigenvalue weighted by atomic mass is 9.74. The summed E-state index contributed by atoms with van der Waals surface area (Å²) in [4.78, 5) is 12.0. The number of primary amides is 1. The lowest BCUT2D eigenvalue weighted by molar-refractivity contribution is 0.00578.